The Kier molecular flexibility index (Phi) is 3.69. The molecule has 2 N–H and O–H groups in total. The highest BCUT2D eigenvalue weighted by Gasteiger charge is 2.39. The van der Waals surface area contributed by atoms with E-state index in [-0.39, 0.29) is 17.9 Å². The third-order valence-electron chi connectivity index (χ3n) is 4.38. The fraction of sp³-hybridized carbons (Fsp3) is 0.294. The highest BCUT2D eigenvalue weighted by molar-refractivity contribution is 5.51. The fourth-order valence-electron chi connectivity index (χ4n) is 3.18. The second kappa shape index (κ2) is 5.55. The predicted octanol–water partition coefficient (Wildman–Crippen LogP) is 2.69. The monoisotopic (exact) mass is 315 g/mol. The van der Waals surface area contributed by atoms with Crippen molar-refractivity contribution in [3.05, 3.63) is 63.2 Å². The molecule has 0 heterocycles. The van der Waals surface area contributed by atoms with Gasteiger partial charge >= 0.3 is 0 Å². The molecule has 23 heavy (non-hydrogen) atoms. The molecule has 2 aromatic rings. The van der Waals surface area contributed by atoms with Crippen LogP contribution in [0.2, 0.25) is 0 Å². The summed E-state index contributed by atoms with van der Waals surface area (Å²) in [6.07, 6.45) is 1.18. The molecule has 3 rings (SSSR count). The van der Waals surface area contributed by atoms with Gasteiger partial charge in [-0.05, 0) is 48.2 Å². The lowest BCUT2D eigenvalue weighted by molar-refractivity contribution is -0.386. The lowest BCUT2D eigenvalue weighted by atomic mass is 9.76. The molecule has 0 saturated carbocycles. The number of aryl methyl sites for hydroxylation is 1. The van der Waals surface area contributed by atoms with Gasteiger partial charge in [-0.3, -0.25) is 10.1 Å². The van der Waals surface area contributed by atoms with E-state index in [2.05, 4.69) is 0 Å². The zero-order valence-electron chi connectivity index (χ0n) is 12.7. The van der Waals surface area contributed by atoms with E-state index in [9.17, 15) is 20.3 Å². The lowest BCUT2D eigenvalue weighted by Crippen LogP contribution is -2.33. The van der Waals surface area contributed by atoms with Crippen LogP contribution in [-0.2, 0) is 18.4 Å². The summed E-state index contributed by atoms with van der Waals surface area (Å²) in [6, 6.07) is 9.50. The topological polar surface area (TPSA) is 92.8 Å². The molecule has 120 valence electrons. The number of hydrogen-bond donors (Lipinski definition) is 2. The van der Waals surface area contributed by atoms with Crippen LogP contribution in [0.3, 0.4) is 0 Å². The Balaban J connectivity index is 2.04. The summed E-state index contributed by atoms with van der Waals surface area (Å²) in [5.41, 5.74) is 0.696. The molecule has 1 atom stereocenters. The number of fused-ring (bicyclic) bond motifs is 1. The van der Waals surface area contributed by atoms with Crippen molar-refractivity contribution in [2.75, 3.05) is 7.11 Å². The molecule has 1 unspecified atom stereocenters. The maximum Gasteiger partial charge on any atom is 0.279 e. The minimum absolute atomic E-state index is 0.144. The van der Waals surface area contributed by atoms with Crippen molar-refractivity contribution in [1.29, 1.82) is 0 Å². The van der Waals surface area contributed by atoms with Gasteiger partial charge in [0.1, 0.15) is 17.1 Å². The minimum atomic E-state index is -1.31. The first-order valence-corrected chi connectivity index (χ1v) is 7.29. The van der Waals surface area contributed by atoms with Crippen LogP contribution in [0.1, 0.15) is 23.1 Å². The molecular formula is C17H17NO5. The van der Waals surface area contributed by atoms with Gasteiger partial charge in [-0.25, -0.2) is 0 Å². The van der Waals surface area contributed by atoms with E-state index in [4.69, 9.17) is 4.74 Å². The quantitative estimate of drug-likeness (QED) is 0.671. The summed E-state index contributed by atoms with van der Waals surface area (Å²) < 4.78 is 5.04. The molecule has 0 saturated heterocycles. The average Bonchev–Trinajstić information content (AvgIpc) is 2.54. The van der Waals surface area contributed by atoms with Gasteiger partial charge in [-0.1, -0.05) is 6.07 Å². The third-order valence-corrected chi connectivity index (χ3v) is 4.38. The first-order chi connectivity index (χ1) is 10.9. The van der Waals surface area contributed by atoms with Crippen molar-refractivity contribution < 1.29 is 19.9 Å². The summed E-state index contributed by atoms with van der Waals surface area (Å²) in [5, 5.41) is 32.0. The molecule has 6 heteroatoms. The maximum absolute atomic E-state index is 11.4. The van der Waals surface area contributed by atoms with Gasteiger partial charge in [0.05, 0.1) is 23.7 Å². The molecule has 0 aromatic heterocycles. The van der Waals surface area contributed by atoms with Gasteiger partial charge < -0.3 is 14.9 Å². The first kappa shape index (κ1) is 15.3. The number of benzene rings is 2. The summed E-state index contributed by atoms with van der Waals surface area (Å²) >= 11 is 0. The van der Waals surface area contributed by atoms with Crippen LogP contribution in [0.25, 0.3) is 0 Å². The van der Waals surface area contributed by atoms with Crippen LogP contribution in [-0.4, -0.2) is 22.2 Å². The van der Waals surface area contributed by atoms with Crippen LogP contribution in [0, 0.1) is 10.1 Å². The second-order valence-corrected chi connectivity index (χ2v) is 5.80. The van der Waals surface area contributed by atoms with Gasteiger partial charge in [0.2, 0.25) is 0 Å². The predicted molar refractivity (Wildman–Crippen MR) is 83.7 cm³/mol. The Labute approximate surface area is 133 Å². The van der Waals surface area contributed by atoms with Gasteiger partial charge in [-0.15, -0.1) is 0 Å². The second-order valence-electron chi connectivity index (χ2n) is 5.80. The van der Waals surface area contributed by atoms with E-state index in [0.29, 0.717) is 24.2 Å². The molecule has 1 aliphatic carbocycles. The van der Waals surface area contributed by atoms with Crippen molar-refractivity contribution >= 4 is 5.69 Å². The largest absolute Gasteiger partial charge is 0.508 e. The van der Waals surface area contributed by atoms with Crippen molar-refractivity contribution in [3.63, 3.8) is 0 Å². The Morgan fingerprint density at radius 3 is 2.70 bits per heavy atom. The van der Waals surface area contributed by atoms with Gasteiger partial charge in [-0.2, -0.15) is 0 Å². The van der Waals surface area contributed by atoms with Gasteiger partial charge in [0.25, 0.3) is 5.69 Å². The number of nitro groups is 1. The number of rotatable bonds is 3. The van der Waals surface area contributed by atoms with Crippen LogP contribution in [0.4, 0.5) is 5.69 Å². The van der Waals surface area contributed by atoms with Crippen LogP contribution in [0.15, 0.2) is 36.4 Å². The average molecular weight is 315 g/mol. The van der Waals surface area contributed by atoms with Crippen LogP contribution < -0.4 is 4.74 Å². The Hall–Kier alpha value is -2.60. The molecular weight excluding hydrogens is 298 g/mol. The number of methoxy groups -OCH3 is 1. The number of aliphatic hydroxyl groups is 1. The number of ether oxygens (including phenoxy) is 1. The van der Waals surface area contributed by atoms with Crippen LogP contribution >= 0.6 is 0 Å². The number of nitrogens with zero attached hydrogens (tertiary/aromatic N) is 1. The smallest absolute Gasteiger partial charge is 0.279 e. The summed E-state index contributed by atoms with van der Waals surface area (Å²) in [5.74, 6) is 0.565. The highest BCUT2D eigenvalue weighted by atomic mass is 16.6. The minimum Gasteiger partial charge on any atom is -0.508 e. The Morgan fingerprint density at radius 1 is 1.22 bits per heavy atom. The Morgan fingerprint density at radius 2 is 2.00 bits per heavy atom. The maximum atomic E-state index is 11.4. The molecule has 1 aliphatic rings. The van der Waals surface area contributed by atoms with E-state index < -0.39 is 10.5 Å². The molecule has 0 aliphatic heterocycles. The molecule has 6 nitrogen and oxygen atoms in total. The zero-order chi connectivity index (χ0) is 16.6. The molecule has 0 amide bonds. The fourth-order valence-corrected chi connectivity index (χ4v) is 3.18. The number of nitro benzene ring substituents is 1. The van der Waals surface area contributed by atoms with Gasteiger partial charge in [0, 0.05) is 6.42 Å². The number of aromatic hydroxyl groups is 1. The highest BCUT2D eigenvalue weighted by Crippen LogP contribution is 2.42. The third kappa shape index (κ3) is 2.73. The molecule has 0 radical (unpaired) electrons. The van der Waals surface area contributed by atoms with Crippen molar-refractivity contribution in [2.45, 2.75) is 24.9 Å². The van der Waals surface area contributed by atoms with E-state index in [1.165, 1.54) is 13.2 Å². The Bertz CT molecular complexity index is 774. The zero-order valence-corrected chi connectivity index (χ0v) is 12.7. The summed E-state index contributed by atoms with van der Waals surface area (Å²) in [7, 11) is 1.44. The SMILES string of the molecule is COc1ccc(C2(O)CCc3cc(O)ccc3C2)c([N+](=O)[O-])c1. The molecule has 0 fully saturated rings. The molecule has 0 bridgehead atoms. The van der Waals surface area contributed by atoms with Crippen molar-refractivity contribution in [2.24, 2.45) is 0 Å². The summed E-state index contributed by atoms with van der Waals surface area (Å²) in [6.45, 7) is 0. The first-order valence-electron chi connectivity index (χ1n) is 7.29. The van der Waals surface area contributed by atoms with E-state index in [1.807, 2.05) is 0 Å². The lowest BCUT2D eigenvalue weighted by Gasteiger charge is -2.33. The van der Waals surface area contributed by atoms with Crippen LogP contribution in [0.5, 0.6) is 11.5 Å². The van der Waals surface area contributed by atoms with Crippen molar-refractivity contribution in [3.8, 4) is 11.5 Å². The van der Waals surface area contributed by atoms with Gasteiger partial charge in [0.15, 0.2) is 0 Å². The number of phenolic OH excluding ortho intramolecular Hbond substituents is 1. The van der Waals surface area contributed by atoms with Crippen molar-refractivity contribution in [1.82, 2.24) is 0 Å². The normalized spacial score (nSPS) is 19.9. The number of hydrogen-bond acceptors (Lipinski definition) is 5. The van der Waals surface area contributed by atoms with E-state index in [1.54, 1.807) is 30.3 Å². The van der Waals surface area contributed by atoms with E-state index >= 15 is 0 Å². The summed E-state index contributed by atoms with van der Waals surface area (Å²) in [4.78, 5) is 10.9. The number of phenols is 1. The standard InChI is InChI=1S/C17H17NO5/c1-23-14-4-5-15(16(9-14)18(21)22)17(20)7-6-11-8-13(19)3-2-12(11)10-17/h2-5,8-9,19-20H,6-7,10H2,1H3. The molecule has 2 aromatic carbocycles. The van der Waals surface area contributed by atoms with E-state index in [0.717, 1.165) is 11.1 Å². The molecule has 0 spiro atoms.